The Morgan fingerprint density at radius 2 is 1.68 bits per heavy atom. The van der Waals surface area contributed by atoms with E-state index in [-0.39, 0.29) is 17.1 Å². The summed E-state index contributed by atoms with van der Waals surface area (Å²) in [6.07, 6.45) is -2.26. The number of carbonyl (C=O) groups excluding carboxylic acids is 1. The van der Waals surface area contributed by atoms with Crippen LogP contribution in [-0.2, 0) is 18.9 Å². The maximum atomic E-state index is 13.6. The van der Waals surface area contributed by atoms with Crippen LogP contribution >= 0.6 is 23.2 Å². The van der Waals surface area contributed by atoms with Crippen molar-refractivity contribution in [1.82, 2.24) is 19.7 Å². The van der Waals surface area contributed by atoms with E-state index in [2.05, 4.69) is 20.5 Å². The molecule has 0 aliphatic heterocycles. The zero-order valence-corrected chi connectivity index (χ0v) is 34.1. The van der Waals surface area contributed by atoms with E-state index in [0.29, 0.717) is 52.9 Å². The number of hydrogen-bond acceptors (Lipinski definition) is 7. The van der Waals surface area contributed by atoms with Gasteiger partial charge in [0.05, 0.1) is 28.5 Å². The number of aromatic carboxylic acids is 1. The van der Waals surface area contributed by atoms with Gasteiger partial charge in [0.1, 0.15) is 24.0 Å². The number of alkyl halides is 3. The summed E-state index contributed by atoms with van der Waals surface area (Å²) in [5.74, 6) is -1.02. The highest BCUT2D eigenvalue weighted by Gasteiger charge is 2.32. The van der Waals surface area contributed by atoms with Gasteiger partial charge in [-0.05, 0) is 114 Å². The smallest absolute Gasteiger partial charge is 0.494 e. The molecule has 0 unspecified atom stereocenters. The SMILES string of the molecule is C=O.CNC[C@@H](C)Nc1c(/C(=C/c2cc(OC(F)(F)F)cc3cc(C(=O)O)n(C)c23)CCCOc2cc(C)c(Cl)c(C)c2)ccc(Cl)c1-c1c(C)nn(C)c1C. The number of likely N-dealkylation sites (N-methyl/N-ethyl adjacent to an activating group) is 1. The number of hydrogen-bond donors (Lipinski definition) is 3. The van der Waals surface area contributed by atoms with Crippen molar-refractivity contribution in [2.75, 3.05) is 25.5 Å². The van der Waals surface area contributed by atoms with Crippen LogP contribution in [0.3, 0.4) is 0 Å². The third-order valence-corrected chi connectivity index (χ3v) is 10.3. The molecule has 2 heterocycles. The zero-order valence-electron chi connectivity index (χ0n) is 32.5. The van der Waals surface area contributed by atoms with Crippen molar-refractivity contribution < 1.29 is 37.3 Å². The quantitative estimate of drug-likeness (QED) is 0.0749. The van der Waals surface area contributed by atoms with Crippen LogP contribution in [0.15, 0.2) is 42.5 Å². The van der Waals surface area contributed by atoms with Crippen LogP contribution in [-0.4, -0.2) is 64.8 Å². The lowest BCUT2D eigenvalue weighted by Gasteiger charge is -2.24. The molecule has 0 saturated carbocycles. The van der Waals surface area contributed by atoms with Crippen LogP contribution in [0, 0.1) is 27.7 Å². The molecular formula is C41H46Cl2F3N5O5. The zero-order chi connectivity index (χ0) is 41.6. The van der Waals surface area contributed by atoms with Gasteiger partial charge in [-0.1, -0.05) is 29.3 Å². The minimum atomic E-state index is -4.97. The summed E-state index contributed by atoms with van der Waals surface area (Å²) in [6.45, 7) is 12.7. The van der Waals surface area contributed by atoms with Gasteiger partial charge in [0.2, 0.25) is 0 Å². The number of nitrogens with one attached hydrogen (secondary N) is 2. The van der Waals surface area contributed by atoms with Gasteiger partial charge in [-0.2, -0.15) is 5.10 Å². The number of carbonyl (C=O) groups is 2. The number of carboxylic acid groups (broad SMARTS) is 1. The van der Waals surface area contributed by atoms with Crippen molar-refractivity contribution in [3.8, 4) is 22.6 Å². The molecule has 2 aromatic heterocycles. The summed E-state index contributed by atoms with van der Waals surface area (Å²) >= 11 is 13.4. The predicted octanol–water partition coefficient (Wildman–Crippen LogP) is 9.95. The molecule has 300 valence electrons. The first-order valence-electron chi connectivity index (χ1n) is 17.7. The second-order valence-corrected chi connectivity index (χ2v) is 14.3. The lowest BCUT2D eigenvalue weighted by Crippen LogP contribution is -2.28. The molecule has 3 N–H and O–H groups in total. The third kappa shape index (κ3) is 9.87. The van der Waals surface area contributed by atoms with Crippen LogP contribution in [0.4, 0.5) is 18.9 Å². The number of halogens is 5. The Bertz CT molecular complexity index is 2240. The van der Waals surface area contributed by atoms with Gasteiger partial charge in [0, 0.05) is 65.0 Å². The van der Waals surface area contributed by atoms with Crippen LogP contribution in [0.1, 0.15) is 63.9 Å². The van der Waals surface area contributed by atoms with Crippen molar-refractivity contribution in [3.05, 3.63) is 91.8 Å². The lowest BCUT2D eigenvalue weighted by atomic mass is 9.91. The molecule has 0 aliphatic rings. The molecule has 5 rings (SSSR count). The van der Waals surface area contributed by atoms with Gasteiger partial charge in [0.25, 0.3) is 0 Å². The number of rotatable bonds is 14. The molecule has 0 radical (unpaired) electrons. The number of anilines is 1. The largest absolute Gasteiger partial charge is 0.573 e. The number of allylic oxidation sites excluding steroid dienone is 1. The Kier molecular flexibility index (Phi) is 14.3. The highest BCUT2D eigenvalue weighted by molar-refractivity contribution is 6.34. The van der Waals surface area contributed by atoms with Crippen LogP contribution in [0.5, 0.6) is 11.5 Å². The minimum absolute atomic E-state index is 0.0783. The average Bonchev–Trinajstić information content (AvgIpc) is 3.58. The predicted molar refractivity (Wildman–Crippen MR) is 217 cm³/mol. The van der Waals surface area contributed by atoms with E-state index in [0.717, 1.165) is 50.5 Å². The number of benzene rings is 3. The molecule has 0 bridgehead atoms. The number of ether oxygens (including phenoxy) is 2. The monoisotopic (exact) mass is 815 g/mol. The minimum Gasteiger partial charge on any atom is -0.494 e. The van der Waals surface area contributed by atoms with Crippen LogP contribution in [0.2, 0.25) is 10.0 Å². The van der Waals surface area contributed by atoms with Crippen molar-refractivity contribution in [2.24, 2.45) is 14.1 Å². The third-order valence-electron chi connectivity index (χ3n) is 9.34. The molecule has 3 aromatic carbocycles. The van der Waals surface area contributed by atoms with E-state index in [1.807, 2.05) is 73.7 Å². The molecule has 0 fully saturated rings. The summed E-state index contributed by atoms with van der Waals surface area (Å²) in [5.41, 5.74) is 7.92. The van der Waals surface area contributed by atoms with Gasteiger partial charge in [-0.15, -0.1) is 13.2 Å². The highest BCUT2D eigenvalue weighted by atomic mass is 35.5. The first-order valence-corrected chi connectivity index (χ1v) is 18.4. The second-order valence-electron chi connectivity index (χ2n) is 13.5. The summed E-state index contributed by atoms with van der Waals surface area (Å²) in [4.78, 5) is 20.2. The van der Waals surface area contributed by atoms with E-state index in [9.17, 15) is 23.1 Å². The van der Waals surface area contributed by atoms with Gasteiger partial charge in [0.15, 0.2) is 0 Å². The molecule has 0 aliphatic carbocycles. The lowest BCUT2D eigenvalue weighted by molar-refractivity contribution is -0.274. The number of fused-ring (bicyclic) bond motifs is 1. The molecule has 5 aromatic rings. The van der Waals surface area contributed by atoms with Crippen molar-refractivity contribution in [1.29, 1.82) is 0 Å². The summed E-state index contributed by atoms with van der Waals surface area (Å²) in [5, 5.41) is 22.9. The topological polar surface area (TPSA) is 120 Å². The summed E-state index contributed by atoms with van der Waals surface area (Å²) < 4.78 is 54.6. The first kappa shape index (κ1) is 43.7. The number of aromatic nitrogens is 3. The molecule has 0 amide bonds. The standard InChI is InChI=1S/C40H44Cl2F3N5O4.CH2O/c1-21-14-29(15-22(2)36(21)42)53-13-9-10-26(16-27-17-30(54-40(43,44)45)18-28-19-33(39(51)52)49(7)38(27)28)31-11-12-32(41)35(37(31)47-23(3)20-46-6)34-24(4)48-50(8)25(34)5;1-2/h11-12,14-19,23,46-47H,9-10,13,20H2,1-8H3,(H,51,52);1H2/b26-16+;/t23-;/m1./s1. The van der Waals surface area contributed by atoms with E-state index in [4.69, 9.17) is 32.7 Å². The molecule has 1 atom stereocenters. The molecule has 15 heteroatoms. The van der Waals surface area contributed by atoms with E-state index in [1.165, 1.54) is 22.8 Å². The second kappa shape index (κ2) is 18.3. The molecule has 56 heavy (non-hydrogen) atoms. The summed E-state index contributed by atoms with van der Waals surface area (Å²) in [7, 11) is 5.29. The van der Waals surface area contributed by atoms with Crippen molar-refractivity contribution in [3.63, 3.8) is 0 Å². The van der Waals surface area contributed by atoms with E-state index in [1.54, 1.807) is 23.9 Å². The Balaban J connectivity index is 0.00000342. The van der Waals surface area contributed by atoms with E-state index < -0.39 is 18.1 Å². The summed E-state index contributed by atoms with van der Waals surface area (Å²) in [6, 6.07) is 11.2. The average molecular weight is 817 g/mol. The van der Waals surface area contributed by atoms with Gasteiger partial charge >= 0.3 is 12.3 Å². The van der Waals surface area contributed by atoms with Crippen molar-refractivity contribution in [2.45, 2.75) is 59.9 Å². The Hall–Kier alpha value is -4.98. The first-order chi connectivity index (χ1) is 26.4. The van der Waals surface area contributed by atoms with Gasteiger partial charge < -0.3 is 34.6 Å². The normalized spacial score (nSPS) is 12.3. The maximum Gasteiger partial charge on any atom is 0.573 e. The fraction of sp³-hybridized carbons (Fsp3) is 0.341. The molecule has 10 nitrogen and oxygen atoms in total. The fourth-order valence-corrected chi connectivity index (χ4v) is 7.27. The molecular weight excluding hydrogens is 770 g/mol. The van der Waals surface area contributed by atoms with E-state index >= 15 is 0 Å². The number of carboxylic acids is 1. The van der Waals surface area contributed by atoms with Gasteiger partial charge in [-0.25, -0.2) is 4.79 Å². The number of aryl methyl sites for hydroxylation is 5. The van der Waals surface area contributed by atoms with Crippen LogP contribution < -0.4 is 20.1 Å². The van der Waals surface area contributed by atoms with Gasteiger partial charge in [-0.3, -0.25) is 4.68 Å². The Morgan fingerprint density at radius 3 is 2.25 bits per heavy atom. The molecule has 0 saturated heterocycles. The Morgan fingerprint density at radius 1 is 1.02 bits per heavy atom. The fourth-order valence-electron chi connectivity index (χ4n) is 6.91. The van der Waals surface area contributed by atoms with Crippen molar-refractivity contribution >= 4 is 64.2 Å². The highest BCUT2D eigenvalue weighted by Crippen LogP contribution is 2.45. The maximum absolute atomic E-state index is 13.6. The number of nitrogens with zero attached hydrogens (tertiary/aromatic N) is 3. The van der Waals surface area contributed by atoms with Crippen LogP contribution in [0.25, 0.3) is 33.7 Å². The molecule has 0 spiro atoms. The Labute approximate surface area is 334 Å².